The number of primary amides is 1. The van der Waals surface area contributed by atoms with Gasteiger partial charge in [0.05, 0.1) is 10.7 Å². The lowest BCUT2D eigenvalue weighted by molar-refractivity contribution is 0.1000. The number of amides is 2. The lowest BCUT2D eigenvalue weighted by atomic mass is 10.1. The first kappa shape index (κ1) is 14.0. The molecule has 3 N–H and O–H groups in total. The Morgan fingerprint density at radius 3 is 2.45 bits per heavy atom. The van der Waals surface area contributed by atoms with E-state index < -0.39 is 17.6 Å². The zero-order valence-electron chi connectivity index (χ0n) is 10.2. The molecule has 2 amide bonds. The molecule has 2 aromatic carbocycles. The van der Waals surface area contributed by atoms with Gasteiger partial charge in [0.25, 0.3) is 5.91 Å². The van der Waals surface area contributed by atoms with Gasteiger partial charge in [-0.15, -0.1) is 0 Å². The third kappa shape index (κ3) is 2.95. The van der Waals surface area contributed by atoms with E-state index in [0.717, 1.165) is 0 Å². The van der Waals surface area contributed by atoms with Crippen molar-refractivity contribution >= 4 is 29.1 Å². The maximum atomic E-state index is 13.3. The Bertz CT molecular complexity index is 689. The molecule has 102 valence electrons. The van der Waals surface area contributed by atoms with Crippen LogP contribution in [-0.4, -0.2) is 11.8 Å². The van der Waals surface area contributed by atoms with Gasteiger partial charge in [0.1, 0.15) is 5.82 Å². The first-order valence-corrected chi connectivity index (χ1v) is 6.02. The summed E-state index contributed by atoms with van der Waals surface area (Å²) in [7, 11) is 0. The van der Waals surface area contributed by atoms with Gasteiger partial charge in [-0.25, -0.2) is 4.39 Å². The van der Waals surface area contributed by atoms with Crippen LogP contribution in [0.4, 0.5) is 10.1 Å². The Balaban J connectivity index is 2.26. The molecule has 0 saturated carbocycles. The van der Waals surface area contributed by atoms with Crippen molar-refractivity contribution in [1.82, 2.24) is 0 Å². The molecule has 0 unspecified atom stereocenters. The standard InChI is InChI=1S/C14H10ClFN2O2/c15-12-10(16)5-2-6-11(12)18-14(20)9-4-1-3-8(7-9)13(17)19/h1-7H,(H2,17,19)(H,18,20). The van der Waals surface area contributed by atoms with E-state index in [1.807, 2.05) is 0 Å². The normalized spacial score (nSPS) is 10.1. The van der Waals surface area contributed by atoms with Crippen LogP contribution in [0.3, 0.4) is 0 Å². The van der Waals surface area contributed by atoms with Gasteiger partial charge < -0.3 is 11.1 Å². The zero-order chi connectivity index (χ0) is 14.7. The van der Waals surface area contributed by atoms with Gasteiger partial charge in [0.15, 0.2) is 0 Å². The molecular formula is C14H10ClFN2O2. The highest BCUT2D eigenvalue weighted by Crippen LogP contribution is 2.25. The van der Waals surface area contributed by atoms with E-state index in [-0.39, 0.29) is 21.8 Å². The fourth-order valence-electron chi connectivity index (χ4n) is 1.61. The number of carbonyl (C=O) groups excluding carboxylic acids is 2. The molecule has 0 heterocycles. The van der Waals surface area contributed by atoms with Crippen LogP contribution in [0.15, 0.2) is 42.5 Å². The average Bonchev–Trinajstić information content (AvgIpc) is 2.44. The lowest BCUT2D eigenvalue weighted by Crippen LogP contribution is -2.15. The molecule has 0 saturated heterocycles. The molecular weight excluding hydrogens is 283 g/mol. The highest BCUT2D eigenvalue weighted by atomic mass is 35.5. The van der Waals surface area contributed by atoms with Crippen LogP contribution in [0.25, 0.3) is 0 Å². The van der Waals surface area contributed by atoms with E-state index in [1.54, 1.807) is 0 Å². The van der Waals surface area contributed by atoms with Crippen LogP contribution in [0.2, 0.25) is 5.02 Å². The Labute approximate surface area is 119 Å². The molecule has 4 nitrogen and oxygen atoms in total. The van der Waals surface area contributed by atoms with Gasteiger partial charge in [-0.1, -0.05) is 23.7 Å². The van der Waals surface area contributed by atoms with E-state index >= 15 is 0 Å². The fraction of sp³-hybridized carbons (Fsp3) is 0. The Morgan fingerprint density at radius 1 is 1.10 bits per heavy atom. The first-order valence-electron chi connectivity index (χ1n) is 5.64. The largest absolute Gasteiger partial charge is 0.366 e. The number of carbonyl (C=O) groups is 2. The summed E-state index contributed by atoms with van der Waals surface area (Å²) in [5.41, 5.74) is 5.73. The second-order valence-corrected chi connectivity index (χ2v) is 4.38. The highest BCUT2D eigenvalue weighted by Gasteiger charge is 2.12. The summed E-state index contributed by atoms with van der Waals surface area (Å²) in [5, 5.41) is 2.30. The molecule has 0 radical (unpaired) electrons. The molecule has 0 aliphatic rings. The summed E-state index contributed by atoms with van der Waals surface area (Å²) in [4.78, 5) is 23.1. The predicted octanol–water partition coefficient (Wildman–Crippen LogP) is 2.83. The van der Waals surface area contributed by atoms with Crippen LogP contribution in [0.1, 0.15) is 20.7 Å². The summed E-state index contributed by atoms with van der Waals surface area (Å²) in [6, 6.07) is 9.97. The van der Waals surface area contributed by atoms with E-state index in [1.165, 1.54) is 42.5 Å². The number of anilines is 1. The van der Waals surface area contributed by atoms with Crippen molar-refractivity contribution in [3.8, 4) is 0 Å². The maximum Gasteiger partial charge on any atom is 0.255 e. The minimum Gasteiger partial charge on any atom is -0.366 e. The van der Waals surface area contributed by atoms with E-state index in [4.69, 9.17) is 17.3 Å². The maximum absolute atomic E-state index is 13.3. The molecule has 6 heteroatoms. The summed E-state index contributed by atoms with van der Waals surface area (Å²) >= 11 is 5.74. The molecule has 2 aromatic rings. The van der Waals surface area contributed by atoms with E-state index in [2.05, 4.69) is 5.32 Å². The van der Waals surface area contributed by atoms with Crippen molar-refractivity contribution in [3.63, 3.8) is 0 Å². The second kappa shape index (κ2) is 5.71. The molecule has 0 aliphatic carbocycles. The minimum absolute atomic E-state index is 0.154. The monoisotopic (exact) mass is 292 g/mol. The van der Waals surface area contributed by atoms with Gasteiger partial charge in [0, 0.05) is 11.1 Å². The van der Waals surface area contributed by atoms with Crippen molar-refractivity contribution in [2.45, 2.75) is 0 Å². The van der Waals surface area contributed by atoms with Gasteiger partial charge in [0.2, 0.25) is 5.91 Å². The predicted molar refractivity (Wildman–Crippen MR) is 74.3 cm³/mol. The number of hydrogen-bond donors (Lipinski definition) is 2. The molecule has 0 aromatic heterocycles. The topological polar surface area (TPSA) is 72.2 Å². The molecule has 0 aliphatic heterocycles. The molecule has 0 bridgehead atoms. The van der Waals surface area contributed by atoms with Gasteiger partial charge in [-0.05, 0) is 30.3 Å². The van der Waals surface area contributed by atoms with Crippen LogP contribution < -0.4 is 11.1 Å². The molecule has 0 fully saturated rings. The molecule has 0 atom stereocenters. The molecule has 20 heavy (non-hydrogen) atoms. The van der Waals surface area contributed by atoms with Crippen molar-refractivity contribution in [1.29, 1.82) is 0 Å². The fourth-order valence-corrected chi connectivity index (χ4v) is 1.78. The number of nitrogens with two attached hydrogens (primary N) is 1. The van der Waals surface area contributed by atoms with E-state index in [9.17, 15) is 14.0 Å². The Hall–Kier alpha value is -2.40. The van der Waals surface area contributed by atoms with Crippen LogP contribution in [-0.2, 0) is 0 Å². The average molecular weight is 293 g/mol. The minimum atomic E-state index is -0.636. The lowest BCUT2D eigenvalue weighted by Gasteiger charge is -2.08. The Morgan fingerprint density at radius 2 is 1.75 bits per heavy atom. The quantitative estimate of drug-likeness (QED) is 0.913. The first-order chi connectivity index (χ1) is 9.49. The summed E-state index contributed by atoms with van der Waals surface area (Å²) in [6.45, 7) is 0. The van der Waals surface area contributed by atoms with Crippen molar-refractivity contribution < 1.29 is 14.0 Å². The summed E-state index contributed by atoms with van der Waals surface area (Å²) < 4.78 is 13.3. The number of rotatable bonds is 3. The number of benzene rings is 2. The molecule has 0 spiro atoms. The zero-order valence-corrected chi connectivity index (χ0v) is 10.9. The van der Waals surface area contributed by atoms with Gasteiger partial charge >= 0.3 is 0 Å². The van der Waals surface area contributed by atoms with Gasteiger partial charge in [-0.2, -0.15) is 0 Å². The number of halogens is 2. The second-order valence-electron chi connectivity index (χ2n) is 4.00. The van der Waals surface area contributed by atoms with E-state index in [0.29, 0.717) is 0 Å². The summed E-state index contributed by atoms with van der Waals surface area (Å²) in [5.74, 6) is -1.78. The number of nitrogens with one attached hydrogen (secondary N) is 1. The smallest absolute Gasteiger partial charge is 0.255 e. The third-order valence-corrected chi connectivity index (χ3v) is 2.99. The Kier molecular flexibility index (Phi) is 4.00. The van der Waals surface area contributed by atoms with Gasteiger partial charge in [-0.3, -0.25) is 9.59 Å². The number of hydrogen-bond acceptors (Lipinski definition) is 2. The van der Waals surface area contributed by atoms with Crippen molar-refractivity contribution in [2.75, 3.05) is 5.32 Å². The summed E-state index contributed by atoms with van der Waals surface area (Å²) in [6.07, 6.45) is 0. The van der Waals surface area contributed by atoms with Crippen LogP contribution >= 0.6 is 11.6 Å². The van der Waals surface area contributed by atoms with Crippen molar-refractivity contribution in [2.24, 2.45) is 5.73 Å². The SMILES string of the molecule is NC(=O)c1cccc(C(=O)Nc2cccc(F)c2Cl)c1. The van der Waals surface area contributed by atoms with Crippen LogP contribution in [0, 0.1) is 5.82 Å². The third-order valence-electron chi connectivity index (χ3n) is 2.61. The van der Waals surface area contributed by atoms with Crippen molar-refractivity contribution in [3.05, 3.63) is 64.4 Å². The highest BCUT2D eigenvalue weighted by molar-refractivity contribution is 6.34. The molecule has 2 rings (SSSR count). The van der Waals surface area contributed by atoms with Crippen LogP contribution in [0.5, 0.6) is 0 Å².